The van der Waals surface area contributed by atoms with Crippen molar-refractivity contribution in [1.29, 1.82) is 0 Å². The molecule has 0 aromatic heterocycles. The highest BCUT2D eigenvalue weighted by Crippen LogP contribution is 2.21. The fourth-order valence-electron chi connectivity index (χ4n) is 2.73. The number of hydrogen-bond donors (Lipinski definition) is 1. The van der Waals surface area contributed by atoms with Gasteiger partial charge in [-0.15, -0.1) is 0 Å². The number of hydrogen-bond acceptors (Lipinski definition) is 4. The molecule has 2 saturated heterocycles. The van der Waals surface area contributed by atoms with Gasteiger partial charge in [0.1, 0.15) is 9.84 Å². The van der Waals surface area contributed by atoms with Crippen LogP contribution in [0.4, 0.5) is 0 Å². The maximum absolute atomic E-state index is 11.4. The summed E-state index contributed by atoms with van der Waals surface area (Å²) in [7, 11) is -2.73. The predicted octanol–water partition coefficient (Wildman–Crippen LogP) is 0.247. The quantitative estimate of drug-likeness (QED) is 0.720. The van der Waals surface area contributed by atoms with E-state index in [4.69, 9.17) is 0 Å². The predicted molar refractivity (Wildman–Crippen MR) is 65.3 cm³/mol. The van der Waals surface area contributed by atoms with Gasteiger partial charge in [0.25, 0.3) is 0 Å². The third kappa shape index (κ3) is 2.96. The fraction of sp³-hybridized carbons (Fsp3) is 1.00. The lowest BCUT2D eigenvalue weighted by molar-refractivity contribution is 0.103. The molecule has 0 aliphatic carbocycles. The van der Waals surface area contributed by atoms with Crippen LogP contribution in [0.15, 0.2) is 0 Å². The first kappa shape index (κ1) is 12.3. The minimum absolute atomic E-state index is 0.161. The zero-order valence-electron chi connectivity index (χ0n) is 10.2. The molecule has 0 spiro atoms. The van der Waals surface area contributed by atoms with Crippen molar-refractivity contribution < 1.29 is 8.42 Å². The summed E-state index contributed by atoms with van der Waals surface area (Å²) in [6.07, 6.45) is 1.64. The van der Waals surface area contributed by atoms with Gasteiger partial charge in [0.2, 0.25) is 0 Å². The van der Waals surface area contributed by atoms with Crippen molar-refractivity contribution >= 4 is 9.84 Å². The van der Waals surface area contributed by atoms with Crippen molar-refractivity contribution in [2.24, 2.45) is 0 Å². The van der Waals surface area contributed by atoms with Crippen molar-refractivity contribution in [2.75, 3.05) is 31.1 Å². The van der Waals surface area contributed by atoms with Crippen molar-refractivity contribution in [1.82, 2.24) is 10.2 Å². The Morgan fingerprint density at radius 2 is 1.88 bits per heavy atom. The Hall–Kier alpha value is -0.130. The van der Waals surface area contributed by atoms with Crippen LogP contribution in [0.5, 0.6) is 0 Å². The summed E-state index contributed by atoms with van der Waals surface area (Å²) >= 11 is 0. The standard InChI is InChI=1S/C11H22N2O2S/c1-11(2)9-13(6-5-12-11)10-3-7-16(14,15)8-4-10/h10,12H,3-9H2,1-2H3. The second-order valence-electron chi connectivity index (χ2n) is 5.66. The second-order valence-corrected chi connectivity index (χ2v) is 7.97. The highest BCUT2D eigenvalue weighted by molar-refractivity contribution is 7.91. The van der Waals surface area contributed by atoms with Gasteiger partial charge in [0.05, 0.1) is 11.5 Å². The average molecular weight is 246 g/mol. The first-order valence-corrected chi connectivity index (χ1v) is 7.90. The minimum Gasteiger partial charge on any atom is -0.309 e. The van der Waals surface area contributed by atoms with Crippen LogP contribution < -0.4 is 5.32 Å². The van der Waals surface area contributed by atoms with Gasteiger partial charge in [-0.3, -0.25) is 4.90 Å². The molecule has 2 rings (SSSR count). The van der Waals surface area contributed by atoms with E-state index >= 15 is 0 Å². The zero-order valence-corrected chi connectivity index (χ0v) is 11.0. The molecule has 4 nitrogen and oxygen atoms in total. The molecule has 94 valence electrons. The maximum atomic E-state index is 11.4. The summed E-state index contributed by atoms with van der Waals surface area (Å²) in [5.41, 5.74) is 0.161. The van der Waals surface area contributed by atoms with Crippen LogP contribution in [-0.4, -0.2) is 56.0 Å². The SMILES string of the molecule is CC1(C)CN(C2CCS(=O)(=O)CC2)CCN1. The Kier molecular flexibility index (Phi) is 3.29. The first-order valence-electron chi connectivity index (χ1n) is 6.07. The van der Waals surface area contributed by atoms with Gasteiger partial charge in [0.15, 0.2) is 0 Å². The van der Waals surface area contributed by atoms with Crippen LogP contribution in [0.1, 0.15) is 26.7 Å². The normalized spacial score (nSPS) is 31.4. The lowest BCUT2D eigenvalue weighted by atomic mass is 9.99. The third-order valence-electron chi connectivity index (χ3n) is 3.64. The number of piperazine rings is 1. The van der Waals surface area contributed by atoms with Gasteiger partial charge in [0, 0.05) is 31.2 Å². The summed E-state index contributed by atoms with van der Waals surface area (Å²) in [5, 5.41) is 3.48. The molecular weight excluding hydrogens is 224 g/mol. The van der Waals surface area contributed by atoms with Crippen molar-refractivity contribution in [3.63, 3.8) is 0 Å². The van der Waals surface area contributed by atoms with Gasteiger partial charge < -0.3 is 5.32 Å². The molecule has 2 aliphatic heterocycles. The summed E-state index contributed by atoms with van der Waals surface area (Å²) < 4.78 is 22.8. The number of nitrogens with one attached hydrogen (secondary N) is 1. The molecule has 2 heterocycles. The Balaban J connectivity index is 1.94. The topological polar surface area (TPSA) is 49.4 Å². The molecule has 2 aliphatic rings. The molecule has 0 atom stereocenters. The van der Waals surface area contributed by atoms with E-state index in [0.29, 0.717) is 17.5 Å². The molecule has 16 heavy (non-hydrogen) atoms. The van der Waals surface area contributed by atoms with Gasteiger partial charge >= 0.3 is 0 Å². The van der Waals surface area contributed by atoms with Crippen molar-refractivity contribution in [2.45, 2.75) is 38.3 Å². The highest BCUT2D eigenvalue weighted by atomic mass is 32.2. The van der Waals surface area contributed by atoms with Gasteiger partial charge in [-0.1, -0.05) is 0 Å². The highest BCUT2D eigenvalue weighted by Gasteiger charge is 2.33. The van der Waals surface area contributed by atoms with E-state index in [2.05, 4.69) is 24.1 Å². The van der Waals surface area contributed by atoms with Gasteiger partial charge in [-0.2, -0.15) is 0 Å². The summed E-state index contributed by atoms with van der Waals surface area (Å²) in [4.78, 5) is 2.46. The molecule has 1 N–H and O–H groups in total. The van der Waals surface area contributed by atoms with Gasteiger partial charge in [-0.25, -0.2) is 8.42 Å². The Labute approximate surface area is 98.3 Å². The summed E-state index contributed by atoms with van der Waals surface area (Å²) in [5.74, 6) is 0.754. The van der Waals surface area contributed by atoms with Crippen LogP contribution in [0, 0.1) is 0 Å². The minimum atomic E-state index is -2.73. The lowest BCUT2D eigenvalue weighted by Gasteiger charge is -2.44. The van der Waals surface area contributed by atoms with E-state index in [1.54, 1.807) is 0 Å². The Morgan fingerprint density at radius 1 is 1.25 bits per heavy atom. The molecule has 0 aromatic carbocycles. The summed E-state index contributed by atoms with van der Waals surface area (Å²) in [6, 6.07) is 0.477. The van der Waals surface area contributed by atoms with E-state index in [-0.39, 0.29) is 5.54 Å². The molecule has 0 bridgehead atoms. The maximum Gasteiger partial charge on any atom is 0.150 e. The average Bonchev–Trinajstić information content (AvgIpc) is 2.16. The lowest BCUT2D eigenvalue weighted by Crippen LogP contribution is -2.60. The van der Waals surface area contributed by atoms with Crippen LogP contribution in [-0.2, 0) is 9.84 Å². The van der Waals surface area contributed by atoms with Crippen LogP contribution >= 0.6 is 0 Å². The number of rotatable bonds is 1. The monoisotopic (exact) mass is 246 g/mol. The Bertz CT molecular complexity index is 337. The van der Waals surface area contributed by atoms with E-state index in [0.717, 1.165) is 32.5 Å². The smallest absolute Gasteiger partial charge is 0.150 e. The van der Waals surface area contributed by atoms with Crippen LogP contribution in [0.25, 0.3) is 0 Å². The summed E-state index contributed by atoms with van der Waals surface area (Å²) in [6.45, 7) is 7.50. The molecule has 2 fully saturated rings. The van der Waals surface area contributed by atoms with E-state index in [9.17, 15) is 8.42 Å². The fourth-order valence-corrected chi connectivity index (χ4v) is 4.20. The second kappa shape index (κ2) is 4.27. The molecule has 0 amide bonds. The molecular formula is C11H22N2O2S. The van der Waals surface area contributed by atoms with Gasteiger partial charge in [-0.05, 0) is 26.7 Å². The number of sulfone groups is 1. The zero-order chi connectivity index (χ0) is 11.8. The van der Waals surface area contributed by atoms with Crippen molar-refractivity contribution in [3.8, 4) is 0 Å². The number of nitrogens with zero attached hydrogens (tertiary/aromatic N) is 1. The van der Waals surface area contributed by atoms with Crippen LogP contribution in [0.2, 0.25) is 0 Å². The molecule has 0 saturated carbocycles. The largest absolute Gasteiger partial charge is 0.309 e. The third-order valence-corrected chi connectivity index (χ3v) is 5.36. The van der Waals surface area contributed by atoms with E-state index in [1.165, 1.54) is 0 Å². The molecule has 0 unspecified atom stereocenters. The molecule has 0 radical (unpaired) electrons. The first-order chi connectivity index (χ1) is 7.38. The molecule has 5 heteroatoms. The van der Waals surface area contributed by atoms with Crippen LogP contribution in [0.3, 0.4) is 0 Å². The Morgan fingerprint density at radius 3 is 2.44 bits per heavy atom. The van der Waals surface area contributed by atoms with E-state index < -0.39 is 9.84 Å². The molecule has 0 aromatic rings. The van der Waals surface area contributed by atoms with E-state index in [1.807, 2.05) is 0 Å². The van der Waals surface area contributed by atoms with Crippen molar-refractivity contribution in [3.05, 3.63) is 0 Å².